The van der Waals surface area contributed by atoms with Gasteiger partial charge in [-0.1, -0.05) is 56.2 Å². The number of carbonyl (C=O) groups excluding carboxylic acids is 2. The van der Waals surface area contributed by atoms with Crippen LogP contribution in [0.15, 0.2) is 114 Å². The van der Waals surface area contributed by atoms with Crippen LogP contribution in [0.1, 0.15) is 70.2 Å². The van der Waals surface area contributed by atoms with Crippen molar-refractivity contribution in [2.75, 3.05) is 26.1 Å². The number of aromatic nitrogens is 1. The van der Waals surface area contributed by atoms with Crippen molar-refractivity contribution in [1.29, 1.82) is 0 Å². The van der Waals surface area contributed by atoms with Gasteiger partial charge in [0.05, 0.1) is 23.1 Å². The number of benzene rings is 4. The Morgan fingerprint density at radius 2 is 1.07 bits per heavy atom. The van der Waals surface area contributed by atoms with E-state index in [9.17, 15) is 22.6 Å². The Hall–Kier alpha value is -5.52. The highest BCUT2D eigenvalue weighted by Crippen LogP contribution is 2.30. The minimum Gasteiger partial charge on any atom is -0.744 e. The zero-order valence-corrected chi connectivity index (χ0v) is 33.7. The summed E-state index contributed by atoms with van der Waals surface area (Å²) >= 11 is 0. The molecule has 0 saturated carbocycles. The quantitative estimate of drug-likeness (QED) is 0.0631. The maximum absolute atomic E-state index is 12.4. The molecular formula is C43H52N2O8S. The molecule has 0 aliphatic rings. The van der Waals surface area contributed by atoms with Crippen LogP contribution in [-0.2, 0) is 16.7 Å². The molecule has 5 aromatic rings. The fraction of sp³-hybridized carbons (Fsp3) is 0.279. The van der Waals surface area contributed by atoms with Crippen molar-refractivity contribution in [3.8, 4) is 17.2 Å². The van der Waals surface area contributed by atoms with Gasteiger partial charge in [0.2, 0.25) is 0 Å². The third-order valence-corrected chi connectivity index (χ3v) is 8.74. The van der Waals surface area contributed by atoms with E-state index in [2.05, 4.69) is 55.0 Å². The lowest BCUT2D eigenvalue weighted by Gasteiger charge is -2.14. The van der Waals surface area contributed by atoms with Gasteiger partial charge in [-0.15, -0.1) is 0 Å². The average Bonchev–Trinajstić information content (AvgIpc) is 3.16. The van der Waals surface area contributed by atoms with Gasteiger partial charge in [-0.3, -0.25) is 0 Å². The molecule has 0 spiro atoms. The van der Waals surface area contributed by atoms with Crippen molar-refractivity contribution in [2.45, 2.75) is 66.3 Å². The van der Waals surface area contributed by atoms with Crippen molar-refractivity contribution >= 4 is 27.7 Å². The van der Waals surface area contributed by atoms with Crippen LogP contribution in [0.2, 0.25) is 0 Å². The first-order valence-corrected chi connectivity index (χ1v) is 19.0. The van der Waals surface area contributed by atoms with Gasteiger partial charge in [-0.05, 0) is 99.5 Å². The van der Waals surface area contributed by atoms with E-state index in [1.54, 1.807) is 67.8 Å². The normalized spacial score (nSPS) is 10.2. The van der Waals surface area contributed by atoms with Crippen LogP contribution in [0, 0.1) is 27.7 Å². The first-order chi connectivity index (χ1) is 25.6. The number of hydrogen-bond donors (Lipinski definition) is 0. The van der Waals surface area contributed by atoms with Gasteiger partial charge in [-0.2, -0.15) is 0 Å². The molecule has 54 heavy (non-hydrogen) atoms. The second kappa shape index (κ2) is 21.9. The minimum atomic E-state index is -4.27. The van der Waals surface area contributed by atoms with Crippen LogP contribution < -0.4 is 23.7 Å². The minimum absolute atomic E-state index is 0.178. The Morgan fingerprint density at radius 3 is 1.44 bits per heavy atom. The highest BCUT2D eigenvalue weighted by molar-refractivity contribution is 7.85. The van der Waals surface area contributed by atoms with Crippen LogP contribution in [-0.4, -0.2) is 46.1 Å². The largest absolute Gasteiger partial charge is 0.744 e. The fourth-order valence-corrected chi connectivity index (χ4v) is 5.06. The molecule has 0 aliphatic carbocycles. The van der Waals surface area contributed by atoms with Crippen LogP contribution in [0.3, 0.4) is 0 Å². The predicted molar refractivity (Wildman–Crippen MR) is 212 cm³/mol. The summed E-state index contributed by atoms with van der Waals surface area (Å²) < 4.78 is 49.5. The van der Waals surface area contributed by atoms with Crippen LogP contribution in [0.25, 0.3) is 0 Å². The number of methoxy groups -OCH3 is 1. The van der Waals surface area contributed by atoms with Crippen molar-refractivity contribution in [1.82, 2.24) is 0 Å². The van der Waals surface area contributed by atoms with Gasteiger partial charge in [0.25, 0.3) is 0 Å². The summed E-state index contributed by atoms with van der Waals surface area (Å²) in [6.45, 7) is 14.7. The molecule has 5 rings (SSSR count). The molecule has 10 nitrogen and oxygen atoms in total. The third-order valence-electron chi connectivity index (χ3n) is 7.89. The lowest BCUT2D eigenvalue weighted by Crippen LogP contribution is -2.32. The molecule has 0 bridgehead atoms. The van der Waals surface area contributed by atoms with Gasteiger partial charge in [-0.25, -0.2) is 22.6 Å². The number of esters is 2. The van der Waals surface area contributed by atoms with Gasteiger partial charge in [0.15, 0.2) is 12.4 Å². The van der Waals surface area contributed by atoms with Gasteiger partial charge < -0.3 is 23.7 Å². The van der Waals surface area contributed by atoms with E-state index < -0.39 is 22.1 Å². The van der Waals surface area contributed by atoms with Crippen LogP contribution >= 0.6 is 0 Å². The second-order valence-corrected chi connectivity index (χ2v) is 13.5. The smallest absolute Gasteiger partial charge is 0.343 e. The van der Waals surface area contributed by atoms with E-state index in [0.29, 0.717) is 28.4 Å². The molecule has 11 heteroatoms. The highest BCUT2D eigenvalue weighted by atomic mass is 32.2. The first-order valence-electron chi connectivity index (χ1n) is 17.6. The molecule has 0 N–H and O–H groups in total. The maximum atomic E-state index is 12.4. The third kappa shape index (κ3) is 14.1. The zero-order valence-electron chi connectivity index (χ0n) is 32.9. The zero-order chi connectivity index (χ0) is 40.4. The Morgan fingerprint density at radius 1 is 0.667 bits per heavy atom. The average molecular weight is 757 g/mol. The molecule has 4 aromatic carbocycles. The summed E-state index contributed by atoms with van der Waals surface area (Å²) in [5, 5.41) is 0. The fourth-order valence-electron chi connectivity index (χ4n) is 4.59. The molecule has 0 fully saturated rings. The number of carbonyl (C=O) groups is 2. The monoisotopic (exact) mass is 756 g/mol. The Labute approximate surface area is 320 Å². The summed E-state index contributed by atoms with van der Waals surface area (Å²) in [4.78, 5) is 26.7. The van der Waals surface area contributed by atoms with Crippen molar-refractivity contribution in [3.63, 3.8) is 0 Å². The number of ether oxygens (including phenoxy) is 3. The molecule has 0 amide bonds. The summed E-state index contributed by atoms with van der Waals surface area (Å²) in [6, 6.07) is 27.2. The number of hydrogen-bond acceptors (Lipinski definition) is 9. The van der Waals surface area contributed by atoms with Crippen LogP contribution in [0.5, 0.6) is 17.2 Å². The van der Waals surface area contributed by atoms with Gasteiger partial charge in [0, 0.05) is 38.3 Å². The number of pyridine rings is 1. The summed E-state index contributed by atoms with van der Waals surface area (Å²) in [7, 11) is 1.40. The second-order valence-electron chi connectivity index (χ2n) is 12.1. The summed E-state index contributed by atoms with van der Waals surface area (Å²) in [6.07, 6.45) is 5.43. The molecule has 1 aromatic heterocycles. The number of anilines is 1. The molecule has 288 valence electrons. The Kier molecular flexibility index (Phi) is 18.1. The van der Waals surface area contributed by atoms with E-state index in [0.717, 1.165) is 28.8 Å². The molecule has 1 heterocycles. The summed E-state index contributed by atoms with van der Waals surface area (Å²) in [5.74, 6) is 0.596. The number of nitrogens with zero attached hydrogens (tertiary/aromatic N) is 2. The topological polar surface area (TPSA) is 126 Å². The standard InChI is InChI=1S/C24H22O5.C10H17N2.C7H8O3S.C2H6/c1-15-5-7-18(8-6-15)23(25)28-21-13-14-22(17(3)16(21)2)29-24(26)19-9-11-20(27-4)12-10-19;1-4-7-12-8-5-10(6-9-12)11(2)3;1-6-2-4-7(5-3-6)11(8,9)10;1-2/h5-14H,1-4H3;5-6,8-9H,4,7H2,1-3H3;2-5H,1H3,(H,8,9,10);1-2H3/q;+1;;/p-1. The summed E-state index contributed by atoms with van der Waals surface area (Å²) in [5.41, 5.74) is 5.59. The van der Waals surface area contributed by atoms with Gasteiger partial charge in [0.1, 0.15) is 33.9 Å². The van der Waals surface area contributed by atoms with Crippen LogP contribution in [0.4, 0.5) is 5.69 Å². The lowest BCUT2D eigenvalue weighted by molar-refractivity contribution is -0.696. The number of aryl methyl sites for hydroxylation is 3. The number of rotatable bonds is 9. The van der Waals surface area contributed by atoms with E-state index in [4.69, 9.17) is 14.2 Å². The predicted octanol–water partition coefficient (Wildman–Crippen LogP) is 8.43. The van der Waals surface area contributed by atoms with E-state index >= 15 is 0 Å². The van der Waals surface area contributed by atoms with Gasteiger partial charge >= 0.3 is 11.9 Å². The molecular weight excluding hydrogens is 705 g/mol. The maximum Gasteiger partial charge on any atom is 0.343 e. The molecule has 0 radical (unpaired) electrons. The Balaban J connectivity index is 0.000000330. The molecule has 0 unspecified atom stereocenters. The molecule has 0 saturated heterocycles. The van der Waals surface area contributed by atoms with Crippen molar-refractivity contribution < 1.29 is 41.3 Å². The lowest BCUT2D eigenvalue weighted by atomic mass is 10.1. The van der Waals surface area contributed by atoms with Crippen molar-refractivity contribution in [3.05, 3.63) is 143 Å². The Bertz CT molecular complexity index is 2030. The van der Waals surface area contributed by atoms with E-state index in [1.165, 1.54) is 24.2 Å². The highest BCUT2D eigenvalue weighted by Gasteiger charge is 2.16. The molecule has 0 atom stereocenters. The van der Waals surface area contributed by atoms with E-state index in [-0.39, 0.29) is 4.90 Å². The first kappa shape index (κ1) is 44.6. The van der Waals surface area contributed by atoms with E-state index in [1.807, 2.05) is 53.7 Å². The SMILES string of the molecule is CC.CCC[n+]1ccc(N(C)C)cc1.COc1ccc(C(=O)Oc2ccc(OC(=O)c3ccc(C)cc3)c(C)c2C)cc1.Cc1ccc(S(=O)(=O)[O-])cc1. The molecule has 0 aliphatic heterocycles. The van der Waals surface area contributed by atoms with Crippen molar-refractivity contribution in [2.24, 2.45) is 0 Å².